The summed E-state index contributed by atoms with van der Waals surface area (Å²) in [6.07, 6.45) is 1.74. The van der Waals surface area contributed by atoms with Crippen molar-refractivity contribution in [3.63, 3.8) is 0 Å². The summed E-state index contributed by atoms with van der Waals surface area (Å²) < 4.78 is 15.3. The molecule has 2 amide bonds. The Labute approximate surface area is 102 Å². The molecule has 1 aliphatic rings. The lowest BCUT2D eigenvalue weighted by Gasteiger charge is -2.24. The lowest BCUT2D eigenvalue weighted by molar-refractivity contribution is 0.0759. The van der Waals surface area contributed by atoms with Gasteiger partial charge in [0.25, 0.3) is 0 Å². The fraction of sp³-hybridized carbons (Fsp3) is 0.909. The molecule has 1 saturated heterocycles. The van der Waals surface area contributed by atoms with E-state index in [4.69, 9.17) is 14.2 Å². The standard InChI is InChI=1S/C11H22N2O4/c1-15-8-5-13(6-9-16-2)11(14)12-10-4-3-7-17-10/h10H,3-9H2,1-2H3,(H,12,14). The Morgan fingerprint density at radius 3 is 2.47 bits per heavy atom. The van der Waals surface area contributed by atoms with Crippen LogP contribution in [-0.2, 0) is 14.2 Å². The molecule has 0 bridgehead atoms. The second kappa shape index (κ2) is 8.27. The van der Waals surface area contributed by atoms with Gasteiger partial charge in [-0.25, -0.2) is 4.79 Å². The molecule has 1 rings (SSSR count). The zero-order chi connectivity index (χ0) is 12.5. The van der Waals surface area contributed by atoms with E-state index in [1.165, 1.54) is 0 Å². The van der Waals surface area contributed by atoms with Crippen molar-refractivity contribution in [2.45, 2.75) is 19.1 Å². The second-order valence-electron chi connectivity index (χ2n) is 3.92. The highest BCUT2D eigenvalue weighted by atomic mass is 16.5. The summed E-state index contributed by atoms with van der Waals surface area (Å²) >= 11 is 0. The van der Waals surface area contributed by atoms with Crippen LogP contribution in [0.4, 0.5) is 4.79 Å². The molecule has 100 valence electrons. The van der Waals surface area contributed by atoms with Gasteiger partial charge in [-0.15, -0.1) is 0 Å². The van der Waals surface area contributed by atoms with Gasteiger partial charge in [0.2, 0.25) is 0 Å². The third kappa shape index (κ3) is 5.34. The number of hydrogen-bond acceptors (Lipinski definition) is 4. The van der Waals surface area contributed by atoms with Gasteiger partial charge in [-0.3, -0.25) is 0 Å². The minimum atomic E-state index is -0.143. The highest BCUT2D eigenvalue weighted by molar-refractivity contribution is 5.74. The summed E-state index contributed by atoms with van der Waals surface area (Å²) in [6, 6.07) is -0.119. The maximum absolute atomic E-state index is 11.9. The lowest BCUT2D eigenvalue weighted by Crippen LogP contribution is -2.47. The van der Waals surface area contributed by atoms with Crippen molar-refractivity contribution in [1.82, 2.24) is 10.2 Å². The predicted octanol–water partition coefficient (Wildman–Crippen LogP) is 0.427. The number of nitrogens with zero attached hydrogens (tertiary/aromatic N) is 1. The van der Waals surface area contributed by atoms with E-state index in [1.54, 1.807) is 19.1 Å². The molecular formula is C11H22N2O4. The van der Waals surface area contributed by atoms with E-state index >= 15 is 0 Å². The number of urea groups is 1. The third-order valence-corrected chi connectivity index (χ3v) is 2.63. The van der Waals surface area contributed by atoms with Crippen LogP contribution in [0.5, 0.6) is 0 Å². The van der Waals surface area contributed by atoms with Gasteiger partial charge >= 0.3 is 6.03 Å². The molecule has 6 heteroatoms. The van der Waals surface area contributed by atoms with Gasteiger partial charge < -0.3 is 24.4 Å². The minimum Gasteiger partial charge on any atom is -0.383 e. The van der Waals surface area contributed by atoms with Gasteiger partial charge in [-0.05, 0) is 12.8 Å². The first-order valence-electron chi connectivity index (χ1n) is 5.93. The summed E-state index contributed by atoms with van der Waals surface area (Å²) in [7, 11) is 3.24. The number of carbonyl (C=O) groups is 1. The quantitative estimate of drug-likeness (QED) is 0.707. The van der Waals surface area contributed by atoms with E-state index < -0.39 is 0 Å². The molecule has 0 aliphatic carbocycles. The van der Waals surface area contributed by atoms with Gasteiger partial charge in [0.15, 0.2) is 0 Å². The number of amides is 2. The summed E-state index contributed by atoms with van der Waals surface area (Å²) in [5.41, 5.74) is 0. The van der Waals surface area contributed by atoms with Gasteiger partial charge in [0, 0.05) is 33.9 Å². The predicted molar refractivity (Wildman–Crippen MR) is 62.8 cm³/mol. The van der Waals surface area contributed by atoms with Gasteiger partial charge in [-0.1, -0.05) is 0 Å². The summed E-state index contributed by atoms with van der Waals surface area (Å²) in [5, 5.41) is 2.85. The number of carbonyl (C=O) groups excluding carboxylic acids is 1. The molecule has 1 heterocycles. The van der Waals surface area contributed by atoms with Crippen molar-refractivity contribution in [3.8, 4) is 0 Å². The van der Waals surface area contributed by atoms with E-state index in [1.807, 2.05) is 0 Å². The van der Waals surface area contributed by atoms with Gasteiger partial charge in [0.05, 0.1) is 13.2 Å². The Morgan fingerprint density at radius 1 is 1.35 bits per heavy atom. The molecule has 17 heavy (non-hydrogen) atoms. The molecule has 0 saturated carbocycles. The summed E-state index contributed by atoms with van der Waals surface area (Å²) in [4.78, 5) is 13.6. The van der Waals surface area contributed by atoms with Crippen molar-refractivity contribution < 1.29 is 19.0 Å². The molecule has 0 aromatic heterocycles. The molecule has 1 atom stereocenters. The Kier molecular flexibility index (Phi) is 6.91. The highest BCUT2D eigenvalue weighted by Gasteiger charge is 2.20. The van der Waals surface area contributed by atoms with Crippen molar-refractivity contribution in [2.75, 3.05) is 47.1 Å². The van der Waals surface area contributed by atoms with Gasteiger partial charge in [-0.2, -0.15) is 0 Å². The van der Waals surface area contributed by atoms with Crippen molar-refractivity contribution in [2.24, 2.45) is 0 Å². The number of methoxy groups -OCH3 is 2. The zero-order valence-electron chi connectivity index (χ0n) is 10.6. The zero-order valence-corrected chi connectivity index (χ0v) is 10.6. The molecular weight excluding hydrogens is 224 g/mol. The average molecular weight is 246 g/mol. The number of ether oxygens (including phenoxy) is 3. The summed E-state index contributed by atoms with van der Waals surface area (Å²) in [6.45, 7) is 2.86. The molecule has 6 nitrogen and oxygen atoms in total. The van der Waals surface area contributed by atoms with Crippen LogP contribution in [-0.4, -0.2) is 64.3 Å². The van der Waals surface area contributed by atoms with Crippen LogP contribution >= 0.6 is 0 Å². The van der Waals surface area contributed by atoms with Crippen molar-refractivity contribution >= 4 is 6.03 Å². The molecule has 1 unspecified atom stereocenters. The van der Waals surface area contributed by atoms with Crippen LogP contribution < -0.4 is 5.32 Å². The first kappa shape index (κ1) is 14.2. The maximum atomic E-state index is 11.9. The van der Waals surface area contributed by atoms with Crippen LogP contribution in [0.1, 0.15) is 12.8 Å². The minimum absolute atomic E-state index is 0.119. The first-order valence-corrected chi connectivity index (χ1v) is 5.93. The fourth-order valence-electron chi connectivity index (χ4n) is 1.64. The van der Waals surface area contributed by atoms with E-state index in [-0.39, 0.29) is 12.3 Å². The van der Waals surface area contributed by atoms with E-state index in [9.17, 15) is 4.79 Å². The number of hydrogen-bond donors (Lipinski definition) is 1. The molecule has 1 aliphatic heterocycles. The molecule has 1 N–H and O–H groups in total. The largest absolute Gasteiger partial charge is 0.383 e. The van der Waals surface area contributed by atoms with Crippen molar-refractivity contribution in [3.05, 3.63) is 0 Å². The highest BCUT2D eigenvalue weighted by Crippen LogP contribution is 2.09. The Bertz CT molecular complexity index is 212. The first-order chi connectivity index (χ1) is 8.27. The number of rotatable bonds is 7. The second-order valence-corrected chi connectivity index (χ2v) is 3.92. The van der Waals surface area contributed by atoms with Gasteiger partial charge in [0.1, 0.15) is 6.23 Å². The lowest BCUT2D eigenvalue weighted by atomic mass is 10.3. The van der Waals surface area contributed by atoms with Crippen molar-refractivity contribution in [1.29, 1.82) is 0 Å². The SMILES string of the molecule is COCCN(CCOC)C(=O)NC1CCCO1. The summed E-state index contributed by atoms with van der Waals surface area (Å²) in [5.74, 6) is 0. The fourth-order valence-corrected chi connectivity index (χ4v) is 1.64. The smallest absolute Gasteiger partial charge is 0.319 e. The molecule has 0 spiro atoms. The monoisotopic (exact) mass is 246 g/mol. The third-order valence-electron chi connectivity index (χ3n) is 2.63. The molecule has 0 radical (unpaired) electrons. The molecule has 1 fully saturated rings. The van der Waals surface area contributed by atoms with Crippen LogP contribution in [0.15, 0.2) is 0 Å². The Balaban J connectivity index is 2.34. The Hall–Kier alpha value is -0.850. The van der Waals surface area contributed by atoms with Crippen LogP contribution in [0.25, 0.3) is 0 Å². The number of nitrogens with one attached hydrogen (secondary N) is 1. The van der Waals surface area contributed by atoms with Crippen LogP contribution in [0.3, 0.4) is 0 Å². The van der Waals surface area contributed by atoms with Crippen LogP contribution in [0.2, 0.25) is 0 Å². The Morgan fingerprint density at radius 2 is 2.00 bits per heavy atom. The maximum Gasteiger partial charge on any atom is 0.319 e. The average Bonchev–Trinajstić information content (AvgIpc) is 2.82. The molecule has 0 aromatic rings. The van der Waals surface area contributed by atoms with E-state index in [0.717, 1.165) is 19.4 Å². The normalized spacial score (nSPS) is 19.3. The van der Waals surface area contributed by atoms with Crippen LogP contribution in [0, 0.1) is 0 Å². The van der Waals surface area contributed by atoms with E-state index in [2.05, 4.69) is 5.32 Å². The molecule has 0 aromatic carbocycles. The topological polar surface area (TPSA) is 60.0 Å². The van der Waals surface area contributed by atoms with E-state index in [0.29, 0.717) is 26.3 Å².